The fourth-order valence-corrected chi connectivity index (χ4v) is 2.99. The first-order valence-corrected chi connectivity index (χ1v) is 8.09. The number of aromatic nitrogens is 1. The first kappa shape index (κ1) is 17.9. The number of carbonyl (C=O) groups is 2. The van der Waals surface area contributed by atoms with Crippen LogP contribution in [0.1, 0.15) is 44.6 Å². The van der Waals surface area contributed by atoms with E-state index in [1.165, 1.54) is 6.92 Å². The average molecular weight is 328 g/mol. The highest BCUT2D eigenvalue weighted by Crippen LogP contribution is 2.20. The molecule has 0 radical (unpaired) electrons. The summed E-state index contributed by atoms with van der Waals surface area (Å²) in [5.74, 6) is -0.244. The molecule has 5 nitrogen and oxygen atoms in total. The van der Waals surface area contributed by atoms with Crippen molar-refractivity contribution in [2.45, 2.75) is 27.2 Å². The predicted molar refractivity (Wildman–Crippen MR) is 93.4 cm³/mol. The summed E-state index contributed by atoms with van der Waals surface area (Å²) >= 11 is 0. The van der Waals surface area contributed by atoms with E-state index in [9.17, 15) is 14.7 Å². The van der Waals surface area contributed by atoms with E-state index < -0.39 is 0 Å². The Kier molecular flexibility index (Phi) is 5.93. The fraction of sp³-hybridized carbons (Fsp3) is 0.368. The van der Waals surface area contributed by atoms with E-state index in [1.54, 1.807) is 18.7 Å². The van der Waals surface area contributed by atoms with Gasteiger partial charge < -0.3 is 15.0 Å². The number of aromatic amines is 1. The van der Waals surface area contributed by atoms with Crippen molar-refractivity contribution in [2.24, 2.45) is 0 Å². The molecule has 2 N–H and O–H groups in total. The molecule has 0 atom stereocenters. The average Bonchev–Trinajstić information content (AvgIpc) is 2.86. The van der Waals surface area contributed by atoms with Crippen LogP contribution in [0.15, 0.2) is 30.3 Å². The number of amides is 1. The minimum atomic E-state index is -0.187. The maximum absolute atomic E-state index is 12.8. The molecule has 0 aliphatic heterocycles. The summed E-state index contributed by atoms with van der Waals surface area (Å²) in [6.45, 7) is 5.74. The number of benzene rings is 1. The molecule has 1 aromatic heterocycles. The fourth-order valence-electron chi connectivity index (χ4n) is 2.99. The molecular formula is C19H24N2O3. The highest BCUT2D eigenvalue weighted by molar-refractivity contribution is 6.02. The normalized spacial score (nSPS) is 10.7. The second-order valence-corrected chi connectivity index (χ2v) is 5.93. The predicted octanol–water partition coefficient (Wildman–Crippen LogP) is 2.51. The summed E-state index contributed by atoms with van der Waals surface area (Å²) in [7, 11) is 0. The lowest BCUT2D eigenvalue weighted by Gasteiger charge is -2.21. The third-order valence-electron chi connectivity index (χ3n) is 4.17. The Morgan fingerprint density at radius 2 is 1.79 bits per heavy atom. The van der Waals surface area contributed by atoms with Gasteiger partial charge in [0.1, 0.15) is 5.69 Å². The van der Waals surface area contributed by atoms with E-state index >= 15 is 0 Å². The molecule has 0 saturated heterocycles. The number of hydrogen-bond acceptors (Lipinski definition) is 3. The first-order chi connectivity index (χ1) is 11.5. The summed E-state index contributed by atoms with van der Waals surface area (Å²) in [6, 6.07) is 9.91. The van der Waals surface area contributed by atoms with Gasteiger partial charge in [-0.2, -0.15) is 0 Å². The minimum absolute atomic E-state index is 0.0571. The van der Waals surface area contributed by atoms with Crippen LogP contribution < -0.4 is 0 Å². The highest BCUT2D eigenvalue weighted by atomic mass is 16.3. The Morgan fingerprint density at radius 1 is 1.12 bits per heavy atom. The Bertz CT molecular complexity index is 720. The summed E-state index contributed by atoms with van der Waals surface area (Å²) in [4.78, 5) is 29.2. The van der Waals surface area contributed by atoms with Gasteiger partial charge in [-0.15, -0.1) is 0 Å². The standard InChI is InChI=1S/C19H24N2O3/c1-13-17(15(3)23)14(2)20-18(13)19(24)21(11-12-22)10-9-16-7-5-4-6-8-16/h4-8,20,22H,9-12H2,1-3H3. The van der Waals surface area contributed by atoms with Gasteiger partial charge in [0, 0.05) is 24.3 Å². The van der Waals surface area contributed by atoms with Crippen molar-refractivity contribution in [3.05, 3.63) is 58.4 Å². The zero-order valence-corrected chi connectivity index (χ0v) is 14.4. The van der Waals surface area contributed by atoms with Gasteiger partial charge in [0.05, 0.1) is 6.61 Å². The van der Waals surface area contributed by atoms with Crippen LogP contribution in [0.2, 0.25) is 0 Å². The van der Waals surface area contributed by atoms with Crippen molar-refractivity contribution in [3.8, 4) is 0 Å². The van der Waals surface area contributed by atoms with Crippen molar-refractivity contribution in [3.63, 3.8) is 0 Å². The summed E-state index contributed by atoms with van der Waals surface area (Å²) < 4.78 is 0. The number of nitrogens with one attached hydrogen (secondary N) is 1. The van der Waals surface area contributed by atoms with Crippen molar-refractivity contribution in [1.82, 2.24) is 9.88 Å². The number of aliphatic hydroxyl groups is 1. The maximum atomic E-state index is 12.8. The third-order valence-corrected chi connectivity index (χ3v) is 4.17. The summed E-state index contributed by atoms with van der Waals surface area (Å²) in [5.41, 5.74) is 3.52. The number of Topliss-reactive ketones (excluding diaryl/α,β-unsaturated/α-hetero) is 1. The molecule has 1 heterocycles. The van der Waals surface area contributed by atoms with Crippen molar-refractivity contribution < 1.29 is 14.7 Å². The number of nitrogens with zero attached hydrogens (tertiary/aromatic N) is 1. The number of ketones is 1. The van der Waals surface area contributed by atoms with Gasteiger partial charge in [0.2, 0.25) is 0 Å². The summed E-state index contributed by atoms with van der Waals surface area (Å²) in [6.07, 6.45) is 0.713. The Morgan fingerprint density at radius 3 is 2.33 bits per heavy atom. The van der Waals surface area contributed by atoms with Gasteiger partial charge in [0.25, 0.3) is 5.91 Å². The Balaban J connectivity index is 2.20. The molecule has 128 valence electrons. The largest absolute Gasteiger partial charge is 0.395 e. The Labute approximate surface area is 142 Å². The van der Waals surface area contributed by atoms with E-state index in [1.807, 2.05) is 30.3 Å². The van der Waals surface area contributed by atoms with E-state index in [2.05, 4.69) is 4.98 Å². The molecule has 0 fully saturated rings. The molecule has 1 amide bonds. The number of hydrogen-bond donors (Lipinski definition) is 2. The Hall–Kier alpha value is -2.40. The molecule has 0 bridgehead atoms. The van der Waals surface area contributed by atoms with Gasteiger partial charge in [-0.1, -0.05) is 30.3 Å². The minimum Gasteiger partial charge on any atom is -0.395 e. The first-order valence-electron chi connectivity index (χ1n) is 8.09. The van der Waals surface area contributed by atoms with Gasteiger partial charge in [-0.05, 0) is 38.3 Å². The van der Waals surface area contributed by atoms with Crippen LogP contribution in [0.5, 0.6) is 0 Å². The molecule has 0 aliphatic carbocycles. The van der Waals surface area contributed by atoms with Crippen molar-refractivity contribution >= 4 is 11.7 Å². The van der Waals surface area contributed by atoms with Crippen LogP contribution in [-0.2, 0) is 6.42 Å². The van der Waals surface area contributed by atoms with E-state index in [4.69, 9.17) is 0 Å². The van der Waals surface area contributed by atoms with Crippen LogP contribution >= 0.6 is 0 Å². The summed E-state index contributed by atoms with van der Waals surface area (Å²) in [5, 5.41) is 9.29. The number of aliphatic hydroxyl groups excluding tert-OH is 1. The van der Waals surface area contributed by atoms with E-state index in [0.29, 0.717) is 35.5 Å². The van der Waals surface area contributed by atoms with Crippen molar-refractivity contribution in [2.75, 3.05) is 19.7 Å². The molecule has 24 heavy (non-hydrogen) atoms. The second-order valence-electron chi connectivity index (χ2n) is 5.93. The van der Waals surface area contributed by atoms with Crippen molar-refractivity contribution in [1.29, 1.82) is 0 Å². The van der Waals surface area contributed by atoms with Crippen LogP contribution in [0.3, 0.4) is 0 Å². The number of H-pyrrole nitrogens is 1. The molecule has 5 heteroatoms. The van der Waals surface area contributed by atoms with Gasteiger partial charge in [-0.25, -0.2) is 0 Å². The van der Waals surface area contributed by atoms with Crippen LogP contribution in [-0.4, -0.2) is 46.4 Å². The molecule has 1 aromatic carbocycles. The monoisotopic (exact) mass is 328 g/mol. The molecule has 2 aromatic rings. The lowest BCUT2D eigenvalue weighted by Crippen LogP contribution is -2.36. The molecule has 2 rings (SSSR count). The molecule has 0 unspecified atom stereocenters. The van der Waals surface area contributed by atoms with Crippen LogP contribution in [0.25, 0.3) is 0 Å². The second kappa shape index (κ2) is 7.93. The van der Waals surface area contributed by atoms with Crippen LogP contribution in [0, 0.1) is 13.8 Å². The van der Waals surface area contributed by atoms with E-state index in [-0.39, 0.29) is 24.8 Å². The number of carbonyl (C=O) groups excluding carboxylic acids is 2. The van der Waals surface area contributed by atoms with Crippen LogP contribution in [0.4, 0.5) is 0 Å². The van der Waals surface area contributed by atoms with Gasteiger partial charge >= 0.3 is 0 Å². The maximum Gasteiger partial charge on any atom is 0.270 e. The molecule has 0 saturated carbocycles. The number of aryl methyl sites for hydroxylation is 1. The lowest BCUT2D eigenvalue weighted by atomic mass is 10.1. The number of rotatable bonds is 7. The topological polar surface area (TPSA) is 73.4 Å². The molecule has 0 aliphatic rings. The highest BCUT2D eigenvalue weighted by Gasteiger charge is 2.23. The van der Waals surface area contributed by atoms with Gasteiger partial charge in [0.15, 0.2) is 5.78 Å². The molecule has 0 spiro atoms. The van der Waals surface area contributed by atoms with Gasteiger partial charge in [-0.3, -0.25) is 9.59 Å². The third kappa shape index (κ3) is 3.92. The zero-order chi connectivity index (χ0) is 17.7. The van der Waals surface area contributed by atoms with E-state index in [0.717, 1.165) is 5.56 Å². The molecular weight excluding hydrogens is 304 g/mol. The quantitative estimate of drug-likeness (QED) is 0.767. The smallest absolute Gasteiger partial charge is 0.270 e. The lowest BCUT2D eigenvalue weighted by molar-refractivity contribution is 0.0718. The SMILES string of the molecule is CC(=O)c1c(C)[nH]c(C(=O)N(CCO)CCc2ccccc2)c1C. The zero-order valence-electron chi connectivity index (χ0n) is 14.4.